The second-order valence-electron chi connectivity index (χ2n) is 14.4. The number of nitrogens with zero attached hydrogens (tertiary/aromatic N) is 4. The molecule has 254 valence electrons. The van der Waals surface area contributed by atoms with E-state index in [1.54, 1.807) is 0 Å². The molecule has 5 nitrogen and oxygen atoms in total. The molecule has 1 aliphatic rings. The average Bonchev–Trinajstić information content (AvgIpc) is 3.75. The van der Waals surface area contributed by atoms with Gasteiger partial charge >= 0.3 is 0 Å². The zero-order chi connectivity index (χ0) is 35.4. The maximum Gasteiger partial charge on any atom is 0.138 e. The van der Waals surface area contributed by atoms with E-state index in [-0.39, 0.29) is 6.04 Å². The van der Waals surface area contributed by atoms with E-state index in [1.165, 1.54) is 43.4 Å². The Morgan fingerprint density at radius 1 is 0.558 bits per heavy atom. The maximum atomic E-state index is 6.45. The minimum atomic E-state index is -2.20. The van der Waals surface area contributed by atoms with Gasteiger partial charge in [-0.05, 0) is 84.6 Å². The fourth-order valence-corrected chi connectivity index (χ4v) is 10.0. The smallest absolute Gasteiger partial charge is 0.138 e. The lowest BCUT2D eigenvalue weighted by molar-refractivity contribution is 0.113. The van der Waals surface area contributed by atoms with Crippen LogP contribution in [0.2, 0.25) is 13.1 Å². The number of para-hydroxylation sites is 3. The van der Waals surface area contributed by atoms with Gasteiger partial charge in [-0.3, -0.25) is 4.57 Å². The number of fused-ring (bicyclic) bond motifs is 4. The lowest BCUT2D eigenvalue weighted by Crippen LogP contribution is -2.53. The third kappa shape index (κ3) is 5.30. The van der Waals surface area contributed by atoms with Gasteiger partial charge < -0.3 is 0 Å². The van der Waals surface area contributed by atoms with Crippen molar-refractivity contribution in [2.45, 2.75) is 33.0 Å². The molecule has 0 bridgehead atoms. The fourth-order valence-electron chi connectivity index (χ4n) is 7.66. The zero-order valence-electron chi connectivity index (χ0n) is 29.9. The van der Waals surface area contributed by atoms with E-state index in [1.807, 2.05) is 16.3 Å². The van der Waals surface area contributed by atoms with E-state index in [2.05, 4.69) is 189 Å². The van der Waals surface area contributed by atoms with Gasteiger partial charge in [0, 0.05) is 17.0 Å². The van der Waals surface area contributed by atoms with Gasteiger partial charge in [0.05, 0.1) is 34.1 Å². The molecule has 0 atom stereocenters. The molecule has 0 N–H and O–H groups in total. The van der Waals surface area contributed by atoms with E-state index in [9.17, 15) is 0 Å². The van der Waals surface area contributed by atoms with Crippen LogP contribution in [0.25, 0.3) is 49.9 Å². The summed E-state index contributed by atoms with van der Waals surface area (Å²) < 4.78 is 2.35. The van der Waals surface area contributed by atoms with Crippen molar-refractivity contribution in [3.05, 3.63) is 164 Å². The number of hydrogen-bond acceptors (Lipinski definition) is 4. The van der Waals surface area contributed by atoms with Crippen molar-refractivity contribution in [1.29, 1.82) is 0 Å². The van der Waals surface area contributed by atoms with Crippen LogP contribution in [0.3, 0.4) is 0 Å². The fraction of sp³-hybridized carbons (Fsp3) is 0.109. The van der Waals surface area contributed by atoms with Crippen LogP contribution in [0.5, 0.6) is 0 Å². The highest BCUT2D eigenvalue weighted by Gasteiger charge is 2.33. The van der Waals surface area contributed by atoms with Gasteiger partial charge in [-0.25, -0.2) is 10.0 Å². The van der Waals surface area contributed by atoms with Crippen LogP contribution in [0.1, 0.15) is 13.8 Å². The number of hydroxylamine groups is 1. The molecular formula is C46H40N4OSi. The van der Waals surface area contributed by atoms with Crippen LogP contribution in [-0.2, 0) is 4.94 Å². The van der Waals surface area contributed by atoms with Gasteiger partial charge in [0.1, 0.15) is 13.9 Å². The lowest BCUT2D eigenvalue weighted by atomic mass is 9.95. The van der Waals surface area contributed by atoms with Crippen LogP contribution in [0, 0.1) is 0 Å². The van der Waals surface area contributed by atoms with Crippen LogP contribution in [0.15, 0.2) is 164 Å². The first kappa shape index (κ1) is 32.0. The molecule has 2 aromatic heterocycles. The van der Waals surface area contributed by atoms with Crippen molar-refractivity contribution in [3.8, 4) is 28.1 Å². The van der Waals surface area contributed by atoms with Crippen LogP contribution >= 0.6 is 0 Å². The Balaban J connectivity index is 1.15. The molecule has 0 fully saturated rings. The molecule has 8 aromatic rings. The molecule has 52 heavy (non-hydrogen) atoms. The second-order valence-corrected chi connectivity index (χ2v) is 18.8. The van der Waals surface area contributed by atoms with Gasteiger partial charge in [0.2, 0.25) is 0 Å². The average molecular weight is 693 g/mol. The van der Waals surface area contributed by atoms with Crippen molar-refractivity contribution in [3.63, 3.8) is 0 Å². The van der Waals surface area contributed by atoms with Crippen molar-refractivity contribution in [2.24, 2.45) is 0 Å². The van der Waals surface area contributed by atoms with E-state index in [0.717, 1.165) is 34.0 Å². The lowest BCUT2D eigenvalue weighted by Gasteiger charge is -2.27. The molecule has 1 aliphatic heterocycles. The van der Waals surface area contributed by atoms with Gasteiger partial charge in [0.25, 0.3) is 0 Å². The summed E-state index contributed by atoms with van der Waals surface area (Å²) in [4.78, 5) is 11.5. The molecule has 6 heteroatoms. The number of hydrogen-bond donors (Lipinski definition) is 0. The summed E-state index contributed by atoms with van der Waals surface area (Å²) in [7, 11) is -2.20. The molecule has 3 heterocycles. The van der Waals surface area contributed by atoms with E-state index in [0.29, 0.717) is 0 Å². The number of pyridine rings is 1. The van der Waals surface area contributed by atoms with Gasteiger partial charge in [-0.15, -0.1) is 4.94 Å². The number of rotatable bonds is 7. The molecule has 0 amide bonds. The molecule has 0 saturated carbocycles. The van der Waals surface area contributed by atoms with E-state index >= 15 is 0 Å². The summed E-state index contributed by atoms with van der Waals surface area (Å²) in [5.41, 5.74) is 10.2. The Bertz CT molecular complexity index is 2590. The molecule has 0 spiro atoms. The van der Waals surface area contributed by atoms with E-state index < -0.39 is 8.07 Å². The molecule has 0 unspecified atom stereocenters. The minimum absolute atomic E-state index is 0.201. The Hall–Kier alpha value is -5.95. The predicted octanol–water partition coefficient (Wildman–Crippen LogP) is 10.5. The molecule has 6 aromatic carbocycles. The number of benzene rings is 6. The van der Waals surface area contributed by atoms with Crippen LogP contribution in [-0.4, -0.2) is 23.7 Å². The standard InChI is InChI=1S/C46H40N4OSi/c1-32(2)49-43-23-12-13-24-44(43)50(51-49)35-17-14-18-36(30-35)52(3,4)37-25-26-41-40-21-10-11-22-42(40)48(45(41)31-37)46-29-34(27-28-47-46)39-20-9-8-19-38(39)33-15-6-5-7-16-33/h5-32H,1-4H3. The normalized spacial score (nSPS) is 13.0. The van der Waals surface area contributed by atoms with Gasteiger partial charge in [0.15, 0.2) is 0 Å². The van der Waals surface area contributed by atoms with Crippen molar-refractivity contribution in [1.82, 2.24) is 9.55 Å². The Kier molecular flexibility index (Phi) is 7.80. The summed E-state index contributed by atoms with van der Waals surface area (Å²) in [6.45, 7) is 9.19. The topological polar surface area (TPSA) is 33.5 Å². The summed E-state index contributed by atoms with van der Waals surface area (Å²) in [6.07, 6.45) is 1.94. The molecule has 0 saturated heterocycles. The Labute approximate surface area is 305 Å². The predicted molar refractivity (Wildman–Crippen MR) is 220 cm³/mol. The minimum Gasteiger partial charge on any atom is -0.294 e. The first-order chi connectivity index (χ1) is 25.4. The van der Waals surface area contributed by atoms with Crippen LogP contribution in [0.4, 0.5) is 17.1 Å². The van der Waals surface area contributed by atoms with Crippen LogP contribution < -0.4 is 20.5 Å². The Morgan fingerprint density at radius 2 is 1.23 bits per heavy atom. The third-order valence-electron chi connectivity index (χ3n) is 10.5. The molecule has 0 aliphatic carbocycles. The SMILES string of the molecule is CC(C)N1ON(c2cccc([Si](C)(C)c3ccc4c5ccccc5n(-c5cc(-c6ccccc6-c6ccccc6)ccn5)c4c3)c2)c2ccccc21. The monoisotopic (exact) mass is 692 g/mol. The number of anilines is 3. The van der Waals surface area contributed by atoms with Gasteiger partial charge in [-0.2, -0.15) is 5.06 Å². The summed E-state index contributed by atoms with van der Waals surface area (Å²) in [5.74, 6) is 0.907. The number of aromatic nitrogens is 2. The summed E-state index contributed by atoms with van der Waals surface area (Å²) in [6, 6.07) is 56.9. The highest BCUT2D eigenvalue weighted by atomic mass is 28.3. The highest BCUT2D eigenvalue weighted by molar-refractivity contribution is 7.00. The quantitative estimate of drug-likeness (QED) is 0.156. The first-order valence-electron chi connectivity index (χ1n) is 18.0. The first-order valence-corrected chi connectivity index (χ1v) is 21.0. The Morgan fingerprint density at radius 3 is 2.04 bits per heavy atom. The van der Waals surface area contributed by atoms with Crippen molar-refractivity contribution in [2.75, 3.05) is 10.1 Å². The summed E-state index contributed by atoms with van der Waals surface area (Å²) in [5, 5.41) is 9.11. The zero-order valence-corrected chi connectivity index (χ0v) is 30.9. The highest BCUT2D eigenvalue weighted by Crippen LogP contribution is 2.42. The maximum absolute atomic E-state index is 6.45. The largest absolute Gasteiger partial charge is 0.294 e. The van der Waals surface area contributed by atoms with Gasteiger partial charge in [-0.1, -0.05) is 133 Å². The molecule has 0 radical (unpaired) electrons. The van der Waals surface area contributed by atoms with Crippen molar-refractivity contribution < 1.29 is 4.94 Å². The van der Waals surface area contributed by atoms with Crippen molar-refractivity contribution >= 4 is 57.3 Å². The summed E-state index contributed by atoms with van der Waals surface area (Å²) >= 11 is 0. The molecule has 9 rings (SSSR count). The van der Waals surface area contributed by atoms with E-state index in [4.69, 9.17) is 9.92 Å². The third-order valence-corrected chi connectivity index (χ3v) is 14.0. The molecular weight excluding hydrogens is 653 g/mol. The second kappa shape index (κ2) is 12.7.